The number of carbonyl (C=O) groups is 1. The van der Waals surface area contributed by atoms with Gasteiger partial charge >= 0.3 is 5.97 Å². The molecular weight excluding hydrogens is 319 g/mol. The SMILES string of the molecule is CCOC(=O)[C@@H](c1ccccc1)N1CCN(c2ccccc2F)CC1. The van der Waals surface area contributed by atoms with Gasteiger partial charge in [-0.25, -0.2) is 9.18 Å². The average Bonchev–Trinajstić information content (AvgIpc) is 2.64. The van der Waals surface area contributed by atoms with Crippen LogP contribution in [0.3, 0.4) is 0 Å². The van der Waals surface area contributed by atoms with Crippen LogP contribution < -0.4 is 4.90 Å². The van der Waals surface area contributed by atoms with E-state index >= 15 is 0 Å². The summed E-state index contributed by atoms with van der Waals surface area (Å²) in [6.07, 6.45) is 0. The first-order chi connectivity index (χ1) is 12.2. The number of para-hydroxylation sites is 1. The zero-order chi connectivity index (χ0) is 17.6. The number of nitrogens with zero attached hydrogens (tertiary/aromatic N) is 2. The highest BCUT2D eigenvalue weighted by Gasteiger charge is 2.31. The van der Waals surface area contributed by atoms with Gasteiger partial charge in [0.25, 0.3) is 0 Å². The van der Waals surface area contributed by atoms with Crippen LogP contribution in [0.2, 0.25) is 0 Å². The second kappa shape index (κ2) is 8.12. The van der Waals surface area contributed by atoms with Crippen molar-refractivity contribution in [2.75, 3.05) is 37.7 Å². The molecule has 1 saturated heterocycles. The third-order valence-corrected chi connectivity index (χ3v) is 4.50. The normalized spacial score (nSPS) is 16.5. The van der Waals surface area contributed by atoms with Crippen molar-refractivity contribution >= 4 is 11.7 Å². The summed E-state index contributed by atoms with van der Waals surface area (Å²) in [6, 6.07) is 16.1. The van der Waals surface area contributed by atoms with E-state index in [9.17, 15) is 9.18 Å². The van der Waals surface area contributed by atoms with Crippen LogP contribution >= 0.6 is 0 Å². The smallest absolute Gasteiger partial charge is 0.328 e. The van der Waals surface area contributed by atoms with Crippen LogP contribution in [0.5, 0.6) is 0 Å². The maximum atomic E-state index is 14.0. The van der Waals surface area contributed by atoms with E-state index in [2.05, 4.69) is 4.90 Å². The van der Waals surface area contributed by atoms with E-state index in [1.165, 1.54) is 6.07 Å². The Bertz CT molecular complexity index is 700. The van der Waals surface area contributed by atoms with Gasteiger partial charge in [0, 0.05) is 26.2 Å². The fourth-order valence-corrected chi connectivity index (χ4v) is 3.28. The van der Waals surface area contributed by atoms with Crippen LogP contribution in [-0.4, -0.2) is 43.7 Å². The number of rotatable bonds is 5. The molecule has 2 aromatic carbocycles. The molecule has 5 heteroatoms. The lowest BCUT2D eigenvalue weighted by Gasteiger charge is -2.39. The number of piperazine rings is 1. The monoisotopic (exact) mass is 342 g/mol. The van der Waals surface area contributed by atoms with Crippen molar-refractivity contribution in [1.29, 1.82) is 0 Å². The first kappa shape index (κ1) is 17.4. The Balaban J connectivity index is 1.74. The molecule has 1 aliphatic rings. The lowest BCUT2D eigenvalue weighted by Crippen LogP contribution is -2.49. The minimum atomic E-state index is -0.413. The Hall–Kier alpha value is -2.40. The lowest BCUT2D eigenvalue weighted by atomic mass is 10.0. The second-order valence-electron chi connectivity index (χ2n) is 6.04. The van der Waals surface area contributed by atoms with Crippen molar-refractivity contribution in [3.63, 3.8) is 0 Å². The van der Waals surface area contributed by atoms with E-state index < -0.39 is 6.04 Å². The second-order valence-corrected chi connectivity index (χ2v) is 6.04. The van der Waals surface area contributed by atoms with Crippen molar-refractivity contribution < 1.29 is 13.9 Å². The standard InChI is InChI=1S/C20H23FN2O2/c1-2-25-20(24)19(16-8-4-3-5-9-16)23-14-12-22(13-15-23)18-11-7-6-10-17(18)21/h3-11,19H,2,12-15H2,1H3/t19-/m1/s1. The van der Waals surface area contributed by atoms with Crippen molar-refractivity contribution in [1.82, 2.24) is 4.90 Å². The fourth-order valence-electron chi connectivity index (χ4n) is 3.28. The zero-order valence-corrected chi connectivity index (χ0v) is 14.4. The van der Waals surface area contributed by atoms with Gasteiger partial charge in [0.05, 0.1) is 12.3 Å². The predicted molar refractivity (Wildman–Crippen MR) is 96.0 cm³/mol. The van der Waals surface area contributed by atoms with Crippen LogP contribution in [0.25, 0.3) is 0 Å². The molecule has 0 N–H and O–H groups in total. The highest BCUT2D eigenvalue weighted by Crippen LogP contribution is 2.26. The van der Waals surface area contributed by atoms with Gasteiger partial charge in [0.2, 0.25) is 0 Å². The maximum absolute atomic E-state index is 14.0. The molecule has 1 atom stereocenters. The molecule has 4 nitrogen and oxygen atoms in total. The summed E-state index contributed by atoms with van der Waals surface area (Å²) in [4.78, 5) is 16.7. The predicted octanol–water partition coefficient (Wildman–Crippen LogP) is 3.25. The molecule has 0 radical (unpaired) electrons. The summed E-state index contributed by atoms with van der Waals surface area (Å²) >= 11 is 0. The maximum Gasteiger partial charge on any atom is 0.328 e. The number of anilines is 1. The third kappa shape index (κ3) is 3.99. The van der Waals surface area contributed by atoms with E-state index in [0.717, 1.165) is 5.56 Å². The van der Waals surface area contributed by atoms with E-state index in [1.807, 2.05) is 48.2 Å². The largest absolute Gasteiger partial charge is 0.465 e. The zero-order valence-electron chi connectivity index (χ0n) is 14.4. The van der Waals surface area contributed by atoms with Crippen LogP contribution in [0, 0.1) is 5.82 Å². The van der Waals surface area contributed by atoms with Crippen molar-refractivity contribution in [2.24, 2.45) is 0 Å². The van der Waals surface area contributed by atoms with E-state index in [4.69, 9.17) is 4.74 Å². The molecule has 2 aromatic rings. The molecule has 0 bridgehead atoms. The Kier molecular flexibility index (Phi) is 5.66. The number of hydrogen-bond acceptors (Lipinski definition) is 4. The summed E-state index contributed by atoms with van der Waals surface area (Å²) in [5, 5.41) is 0. The van der Waals surface area contributed by atoms with Gasteiger partial charge in [-0.05, 0) is 24.6 Å². The van der Waals surface area contributed by atoms with Crippen molar-refractivity contribution in [3.8, 4) is 0 Å². The molecule has 0 aromatic heterocycles. The quantitative estimate of drug-likeness (QED) is 0.781. The molecule has 132 valence electrons. The molecular formula is C20H23FN2O2. The van der Waals surface area contributed by atoms with Crippen LogP contribution in [0.15, 0.2) is 54.6 Å². The minimum absolute atomic E-state index is 0.207. The number of carbonyl (C=O) groups excluding carboxylic acids is 1. The molecule has 0 saturated carbocycles. The summed E-state index contributed by atoms with van der Waals surface area (Å²) in [5.74, 6) is -0.436. The van der Waals surface area contributed by atoms with Crippen molar-refractivity contribution in [3.05, 3.63) is 66.0 Å². The summed E-state index contributed by atoms with van der Waals surface area (Å²) in [5.41, 5.74) is 1.55. The van der Waals surface area contributed by atoms with Crippen molar-refractivity contribution in [2.45, 2.75) is 13.0 Å². The Labute approximate surface area is 147 Å². The fraction of sp³-hybridized carbons (Fsp3) is 0.350. The van der Waals surface area contributed by atoms with Gasteiger partial charge in [-0.15, -0.1) is 0 Å². The molecule has 1 heterocycles. The number of benzene rings is 2. The van der Waals surface area contributed by atoms with E-state index in [1.54, 1.807) is 12.1 Å². The average molecular weight is 342 g/mol. The Morgan fingerprint density at radius 1 is 1.04 bits per heavy atom. The summed E-state index contributed by atoms with van der Waals surface area (Å²) in [7, 11) is 0. The summed E-state index contributed by atoms with van der Waals surface area (Å²) in [6.45, 7) is 4.86. The van der Waals surface area contributed by atoms with E-state index in [-0.39, 0.29) is 11.8 Å². The van der Waals surface area contributed by atoms with Crippen LogP contribution in [-0.2, 0) is 9.53 Å². The lowest BCUT2D eigenvalue weighted by molar-refractivity contribution is -0.150. The van der Waals surface area contributed by atoms with Gasteiger partial charge < -0.3 is 9.64 Å². The molecule has 25 heavy (non-hydrogen) atoms. The molecule has 0 spiro atoms. The minimum Gasteiger partial charge on any atom is -0.465 e. The van der Waals surface area contributed by atoms with Crippen LogP contribution in [0.4, 0.5) is 10.1 Å². The first-order valence-corrected chi connectivity index (χ1v) is 8.66. The third-order valence-electron chi connectivity index (χ3n) is 4.50. The molecule has 1 aliphatic heterocycles. The Morgan fingerprint density at radius 3 is 2.32 bits per heavy atom. The number of ether oxygens (including phenoxy) is 1. The number of halogens is 1. The molecule has 1 fully saturated rings. The van der Waals surface area contributed by atoms with Crippen LogP contribution in [0.1, 0.15) is 18.5 Å². The molecule has 0 aliphatic carbocycles. The van der Waals surface area contributed by atoms with Gasteiger partial charge in [0.1, 0.15) is 11.9 Å². The van der Waals surface area contributed by atoms with Gasteiger partial charge in [-0.3, -0.25) is 4.90 Å². The molecule has 3 rings (SSSR count). The summed E-state index contributed by atoms with van der Waals surface area (Å²) < 4.78 is 19.3. The number of hydrogen-bond donors (Lipinski definition) is 0. The van der Waals surface area contributed by atoms with Gasteiger partial charge in [-0.1, -0.05) is 42.5 Å². The first-order valence-electron chi connectivity index (χ1n) is 8.66. The molecule has 0 amide bonds. The Morgan fingerprint density at radius 2 is 1.68 bits per heavy atom. The number of esters is 1. The highest BCUT2D eigenvalue weighted by molar-refractivity contribution is 5.77. The highest BCUT2D eigenvalue weighted by atomic mass is 19.1. The van der Waals surface area contributed by atoms with E-state index in [0.29, 0.717) is 38.5 Å². The van der Waals surface area contributed by atoms with Gasteiger partial charge in [-0.2, -0.15) is 0 Å². The molecule has 0 unspecified atom stereocenters. The topological polar surface area (TPSA) is 32.8 Å². The van der Waals surface area contributed by atoms with Gasteiger partial charge in [0.15, 0.2) is 0 Å².